The highest BCUT2D eigenvalue weighted by atomic mass is 35.5. The van der Waals surface area contributed by atoms with E-state index >= 15 is 0 Å². The van der Waals surface area contributed by atoms with Crippen LogP contribution >= 0.6 is 35.0 Å². The molecule has 158 valence electrons. The average molecular weight is 470 g/mol. The van der Waals surface area contributed by atoms with Gasteiger partial charge in [-0.05, 0) is 37.3 Å². The summed E-state index contributed by atoms with van der Waals surface area (Å²) in [5.74, 6) is 1.22. The molecule has 0 amide bonds. The van der Waals surface area contributed by atoms with Crippen LogP contribution in [-0.4, -0.2) is 28.3 Å². The molecule has 2 aromatic carbocycles. The Morgan fingerprint density at radius 1 is 1.00 bits per heavy atom. The van der Waals surface area contributed by atoms with Crippen molar-refractivity contribution in [1.82, 2.24) is 14.1 Å². The van der Waals surface area contributed by atoms with Crippen molar-refractivity contribution in [2.75, 3.05) is 14.2 Å². The molecule has 0 aliphatic rings. The molecular formula is C19H17Cl2N3O5S. The third-order valence-corrected chi connectivity index (χ3v) is 6.23. The van der Waals surface area contributed by atoms with Crippen molar-refractivity contribution in [3.63, 3.8) is 0 Å². The quantitative estimate of drug-likeness (QED) is 0.595. The summed E-state index contributed by atoms with van der Waals surface area (Å²) in [5.41, 5.74) is -2.30. The molecule has 0 radical (unpaired) electrons. The number of benzene rings is 2. The van der Waals surface area contributed by atoms with E-state index in [1.807, 2.05) is 0 Å². The van der Waals surface area contributed by atoms with Crippen molar-refractivity contribution in [3.8, 4) is 17.2 Å². The molecule has 11 heteroatoms. The van der Waals surface area contributed by atoms with Gasteiger partial charge in [-0.25, -0.2) is 23.5 Å². The summed E-state index contributed by atoms with van der Waals surface area (Å²) in [5, 5.41) is 0.431. The minimum absolute atomic E-state index is 0.0967. The molecule has 0 atom stereocenters. The van der Waals surface area contributed by atoms with Crippen LogP contribution in [0.2, 0.25) is 10.0 Å². The summed E-state index contributed by atoms with van der Waals surface area (Å²) < 4.78 is 12.3. The monoisotopic (exact) mass is 469 g/mol. The summed E-state index contributed by atoms with van der Waals surface area (Å²) in [6.45, 7) is 1.71. The number of ether oxygens (including phenoxy) is 2. The Kier molecular flexibility index (Phi) is 6.64. The minimum Gasteiger partial charge on any atom is -0.497 e. The summed E-state index contributed by atoms with van der Waals surface area (Å²) in [6, 6.07) is 8.16. The van der Waals surface area contributed by atoms with Crippen LogP contribution in [0, 0.1) is 0 Å². The number of methoxy groups -OCH3 is 2. The van der Waals surface area contributed by atoms with Gasteiger partial charge in [-0.2, -0.15) is 0 Å². The van der Waals surface area contributed by atoms with Crippen molar-refractivity contribution in [1.29, 1.82) is 0 Å². The highest BCUT2D eigenvalue weighted by molar-refractivity contribution is 7.99. The molecule has 1 aromatic heterocycles. The lowest BCUT2D eigenvalue weighted by atomic mass is 10.3. The van der Waals surface area contributed by atoms with E-state index in [0.717, 1.165) is 9.13 Å². The minimum atomic E-state index is -0.878. The van der Waals surface area contributed by atoms with Gasteiger partial charge >= 0.3 is 17.1 Å². The highest BCUT2D eigenvalue weighted by Gasteiger charge is 2.17. The van der Waals surface area contributed by atoms with Crippen LogP contribution in [0.1, 0.15) is 6.92 Å². The lowest BCUT2D eigenvalue weighted by molar-refractivity contribution is 0.394. The van der Waals surface area contributed by atoms with Crippen molar-refractivity contribution in [2.24, 2.45) is 0 Å². The Hall–Kier alpha value is -2.62. The van der Waals surface area contributed by atoms with Crippen LogP contribution in [0.25, 0.3) is 5.69 Å². The molecule has 1 N–H and O–H groups in total. The number of aromatic amines is 1. The van der Waals surface area contributed by atoms with Gasteiger partial charge in [0.15, 0.2) is 0 Å². The number of H-pyrrole nitrogens is 1. The molecule has 0 unspecified atom stereocenters. The van der Waals surface area contributed by atoms with Gasteiger partial charge in [0.05, 0.1) is 34.8 Å². The van der Waals surface area contributed by atoms with Gasteiger partial charge in [0.2, 0.25) is 0 Å². The maximum atomic E-state index is 12.6. The summed E-state index contributed by atoms with van der Waals surface area (Å²) in [6.07, 6.45) is 0. The lowest BCUT2D eigenvalue weighted by Gasteiger charge is -2.14. The van der Waals surface area contributed by atoms with E-state index in [0.29, 0.717) is 21.3 Å². The number of nitrogens with one attached hydrogen (secondary N) is 1. The van der Waals surface area contributed by atoms with Gasteiger partial charge in [0.25, 0.3) is 0 Å². The number of nitrogens with zero attached hydrogens (tertiary/aromatic N) is 2. The first-order valence-corrected chi connectivity index (χ1v) is 10.2. The van der Waals surface area contributed by atoms with E-state index in [9.17, 15) is 14.4 Å². The SMILES string of the molecule is CCn1c(=O)[nH]c(=O)n(-c2cc(Cl)c(Sc3cc(OC)ccc3OC)c(Cl)c2)c1=O. The Labute approximate surface area is 185 Å². The second-order valence-corrected chi connectivity index (χ2v) is 7.82. The number of aromatic nitrogens is 3. The van der Waals surface area contributed by atoms with Gasteiger partial charge in [-0.1, -0.05) is 35.0 Å². The van der Waals surface area contributed by atoms with Crippen LogP contribution < -0.4 is 26.5 Å². The summed E-state index contributed by atoms with van der Waals surface area (Å²) in [7, 11) is 3.09. The molecule has 0 spiro atoms. The highest BCUT2D eigenvalue weighted by Crippen LogP contribution is 2.44. The zero-order chi connectivity index (χ0) is 22.0. The molecule has 0 saturated heterocycles. The van der Waals surface area contributed by atoms with Crippen LogP contribution in [0.4, 0.5) is 0 Å². The van der Waals surface area contributed by atoms with Crippen LogP contribution in [0.3, 0.4) is 0 Å². The van der Waals surface area contributed by atoms with E-state index < -0.39 is 17.1 Å². The molecule has 1 heterocycles. The normalized spacial score (nSPS) is 10.8. The summed E-state index contributed by atoms with van der Waals surface area (Å²) >= 11 is 14.1. The van der Waals surface area contributed by atoms with E-state index in [-0.39, 0.29) is 22.3 Å². The second kappa shape index (κ2) is 9.03. The van der Waals surface area contributed by atoms with Gasteiger partial charge in [-0.3, -0.25) is 4.98 Å². The zero-order valence-corrected chi connectivity index (χ0v) is 18.5. The van der Waals surface area contributed by atoms with Crippen LogP contribution in [0.15, 0.2) is 54.5 Å². The molecule has 3 aromatic rings. The fraction of sp³-hybridized carbons (Fsp3) is 0.211. The third-order valence-electron chi connectivity index (χ3n) is 4.22. The van der Waals surface area contributed by atoms with Crippen molar-refractivity contribution >= 4 is 35.0 Å². The van der Waals surface area contributed by atoms with E-state index in [1.165, 1.54) is 23.9 Å². The van der Waals surface area contributed by atoms with Crippen LogP contribution in [0.5, 0.6) is 11.5 Å². The Morgan fingerprint density at radius 3 is 2.23 bits per heavy atom. The first kappa shape index (κ1) is 22.1. The third kappa shape index (κ3) is 4.14. The fourth-order valence-electron chi connectivity index (χ4n) is 2.76. The molecule has 3 rings (SSSR count). The van der Waals surface area contributed by atoms with Crippen molar-refractivity contribution < 1.29 is 9.47 Å². The topological polar surface area (TPSA) is 95.3 Å². The second-order valence-electron chi connectivity index (χ2n) is 5.95. The number of rotatable bonds is 6. The van der Waals surface area contributed by atoms with Gasteiger partial charge < -0.3 is 9.47 Å². The molecule has 0 fully saturated rings. The molecule has 8 nitrogen and oxygen atoms in total. The summed E-state index contributed by atoms with van der Waals surface area (Å²) in [4.78, 5) is 40.0. The Bertz CT molecular complexity index is 1260. The fourth-order valence-corrected chi connectivity index (χ4v) is 4.43. The predicted molar refractivity (Wildman–Crippen MR) is 116 cm³/mol. The maximum absolute atomic E-state index is 12.6. The molecule has 0 saturated carbocycles. The van der Waals surface area contributed by atoms with Crippen molar-refractivity contribution in [3.05, 3.63) is 71.8 Å². The number of halogens is 2. The molecular weight excluding hydrogens is 453 g/mol. The zero-order valence-electron chi connectivity index (χ0n) is 16.2. The van der Waals surface area contributed by atoms with Gasteiger partial charge in [0.1, 0.15) is 11.5 Å². The first-order valence-electron chi connectivity index (χ1n) is 8.66. The maximum Gasteiger partial charge on any atom is 0.340 e. The molecule has 0 aliphatic heterocycles. The molecule has 30 heavy (non-hydrogen) atoms. The van der Waals surface area contributed by atoms with E-state index in [1.54, 1.807) is 39.3 Å². The Morgan fingerprint density at radius 2 is 1.67 bits per heavy atom. The largest absolute Gasteiger partial charge is 0.497 e. The van der Waals surface area contributed by atoms with E-state index in [4.69, 9.17) is 32.7 Å². The van der Waals surface area contributed by atoms with E-state index in [2.05, 4.69) is 4.98 Å². The van der Waals surface area contributed by atoms with Gasteiger partial charge in [0, 0.05) is 11.4 Å². The molecule has 0 bridgehead atoms. The molecule has 0 aliphatic carbocycles. The predicted octanol–water partition coefficient (Wildman–Crippen LogP) is 3.18. The standard InChI is InChI=1S/C19H17Cl2N3O5S/c1-4-23-17(25)22-18(26)24(19(23)27)10-7-12(20)16(13(21)8-10)30-15-9-11(28-2)5-6-14(15)29-3/h5-9H,4H2,1-3H3,(H,22,25,26). The first-order chi connectivity index (χ1) is 14.3. The van der Waals surface area contributed by atoms with Crippen molar-refractivity contribution in [2.45, 2.75) is 23.3 Å². The lowest BCUT2D eigenvalue weighted by Crippen LogP contribution is -2.48. The van der Waals surface area contributed by atoms with Crippen LogP contribution in [-0.2, 0) is 6.54 Å². The smallest absolute Gasteiger partial charge is 0.340 e. The Balaban J connectivity index is 2.12. The average Bonchev–Trinajstić information content (AvgIpc) is 2.70. The number of hydrogen-bond donors (Lipinski definition) is 1. The van der Waals surface area contributed by atoms with Gasteiger partial charge in [-0.15, -0.1) is 0 Å². The number of hydrogen-bond acceptors (Lipinski definition) is 6.